The first-order valence-corrected chi connectivity index (χ1v) is 12.2. The van der Waals surface area contributed by atoms with Gasteiger partial charge in [0, 0.05) is 12.7 Å². The van der Waals surface area contributed by atoms with Crippen LogP contribution in [0.5, 0.6) is 0 Å². The fourth-order valence-electron chi connectivity index (χ4n) is 3.87. The molecule has 0 aromatic heterocycles. The van der Waals surface area contributed by atoms with E-state index in [0.717, 1.165) is 33.5 Å². The zero-order valence-corrected chi connectivity index (χ0v) is 19.4. The third kappa shape index (κ3) is 4.62. The van der Waals surface area contributed by atoms with E-state index in [1.54, 1.807) is 49.4 Å². The van der Waals surface area contributed by atoms with E-state index < -0.39 is 21.3 Å². The minimum Gasteiger partial charge on any atom is -0.465 e. The number of anilines is 1. The van der Waals surface area contributed by atoms with Crippen molar-refractivity contribution in [1.82, 2.24) is 4.31 Å². The normalized spacial score (nSPS) is 14.8. The van der Waals surface area contributed by atoms with Crippen molar-refractivity contribution in [3.63, 3.8) is 0 Å². The Labute approximate surface area is 193 Å². The summed E-state index contributed by atoms with van der Waals surface area (Å²) in [5.41, 5.74) is 0.807. The second kappa shape index (κ2) is 8.96. The Morgan fingerprint density at radius 1 is 1.00 bits per heavy atom. The van der Waals surface area contributed by atoms with Crippen LogP contribution < -0.4 is 5.32 Å². The molecule has 1 saturated carbocycles. The molecular formula is C25H26N2O5S. The molecule has 1 fully saturated rings. The van der Waals surface area contributed by atoms with E-state index in [2.05, 4.69) is 5.32 Å². The molecule has 0 spiro atoms. The summed E-state index contributed by atoms with van der Waals surface area (Å²) in [6.07, 6.45) is 1.49. The molecule has 3 aromatic carbocycles. The molecule has 0 unspecified atom stereocenters. The average molecular weight is 467 g/mol. The van der Waals surface area contributed by atoms with Gasteiger partial charge in [0.25, 0.3) is 0 Å². The topological polar surface area (TPSA) is 92.8 Å². The van der Waals surface area contributed by atoms with Gasteiger partial charge in [0.1, 0.15) is 0 Å². The fraction of sp³-hybridized carbons (Fsp3) is 0.280. The second-order valence-electron chi connectivity index (χ2n) is 8.20. The van der Waals surface area contributed by atoms with Gasteiger partial charge in [-0.2, -0.15) is 4.31 Å². The zero-order chi connectivity index (χ0) is 23.6. The summed E-state index contributed by atoms with van der Waals surface area (Å²) in [4.78, 5) is 24.9. The van der Waals surface area contributed by atoms with Crippen molar-refractivity contribution in [2.75, 3.05) is 25.5 Å². The fourth-order valence-corrected chi connectivity index (χ4v) is 5.04. The summed E-state index contributed by atoms with van der Waals surface area (Å²) in [7, 11) is -2.45. The van der Waals surface area contributed by atoms with Gasteiger partial charge in [-0.1, -0.05) is 42.5 Å². The molecule has 172 valence electrons. The van der Waals surface area contributed by atoms with Crippen LogP contribution in [0.3, 0.4) is 0 Å². The maximum Gasteiger partial charge on any atom is 0.316 e. The van der Waals surface area contributed by atoms with Gasteiger partial charge in [-0.3, -0.25) is 9.59 Å². The standard InChI is InChI=1S/C25H26N2O5S/c1-3-32-24(29)25(14-15-25)20-9-11-21(12-10-20)26-23(28)17-27(2)33(30,31)22-13-8-18-6-4-5-7-19(18)16-22/h4-13,16H,3,14-15,17H2,1-2H3,(H,26,28). The molecule has 0 aliphatic heterocycles. The Kier molecular flexibility index (Phi) is 6.23. The molecular weight excluding hydrogens is 440 g/mol. The largest absolute Gasteiger partial charge is 0.465 e. The van der Waals surface area contributed by atoms with Crippen LogP contribution in [0.25, 0.3) is 10.8 Å². The van der Waals surface area contributed by atoms with Crippen molar-refractivity contribution in [3.8, 4) is 0 Å². The molecule has 4 rings (SSSR count). The third-order valence-corrected chi connectivity index (χ3v) is 7.73. The number of esters is 1. The summed E-state index contributed by atoms with van der Waals surface area (Å²) in [5, 5.41) is 4.47. The summed E-state index contributed by atoms with van der Waals surface area (Å²) in [6.45, 7) is 1.79. The summed E-state index contributed by atoms with van der Waals surface area (Å²) in [6, 6.07) is 19.4. The number of carbonyl (C=O) groups is 2. The van der Waals surface area contributed by atoms with Gasteiger partial charge in [0.2, 0.25) is 15.9 Å². The predicted octanol–water partition coefficient (Wildman–Crippen LogP) is 3.69. The van der Waals surface area contributed by atoms with E-state index in [4.69, 9.17) is 4.74 Å². The second-order valence-corrected chi connectivity index (χ2v) is 10.2. The van der Waals surface area contributed by atoms with Crippen LogP contribution in [0.1, 0.15) is 25.3 Å². The number of hydrogen-bond donors (Lipinski definition) is 1. The highest BCUT2D eigenvalue weighted by Gasteiger charge is 2.52. The van der Waals surface area contributed by atoms with E-state index in [-0.39, 0.29) is 17.4 Å². The molecule has 1 aliphatic rings. The number of fused-ring (bicyclic) bond motifs is 1. The van der Waals surface area contributed by atoms with Gasteiger partial charge in [-0.15, -0.1) is 0 Å². The van der Waals surface area contributed by atoms with Crippen LogP contribution in [0.2, 0.25) is 0 Å². The maximum absolute atomic E-state index is 12.9. The highest BCUT2D eigenvalue weighted by Crippen LogP contribution is 2.49. The monoisotopic (exact) mass is 466 g/mol. The van der Waals surface area contributed by atoms with Crippen LogP contribution in [0.15, 0.2) is 71.6 Å². The maximum atomic E-state index is 12.9. The van der Waals surface area contributed by atoms with E-state index in [0.29, 0.717) is 12.3 Å². The molecule has 0 radical (unpaired) electrons. The minimum atomic E-state index is -3.83. The Morgan fingerprint density at radius 3 is 2.30 bits per heavy atom. The van der Waals surface area contributed by atoms with E-state index in [1.807, 2.05) is 24.3 Å². The number of nitrogens with zero attached hydrogens (tertiary/aromatic N) is 1. The van der Waals surface area contributed by atoms with Crippen molar-refractivity contribution in [2.45, 2.75) is 30.1 Å². The molecule has 8 heteroatoms. The van der Waals surface area contributed by atoms with Crippen LogP contribution in [0.4, 0.5) is 5.69 Å². The third-order valence-electron chi connectivity index (χ3n) is 5.93. The first kappa shape index (κ1) is 22.9. The SMILES string of the molecule is CCOC(=O)C1(c2ccc(NC(=O)CN(C)S(=O)(=O)c3ccc4ccccc4c3)cc2)CC1. The molecule has 3 aromatic rings. The lowest BCUT2D eigenvalue weighted by Crippen LogP contribution is -2.35. The summed E-state index contributed by atoms with van der Waals surface area (Å²) < 4.78 is 32.1. The first-order chi connectivity index (χ1) is 15.8. The number of ether oxygens (including phenoxy) is 1. The lowest BCUT2D eigenvalue weighted by Gasteiger charge is -2.18. The minimum absolute atomic E-state index is 0.134. The molecule has 1 N–H and O–H groups in total. The van der Waals surface area contributed by atoms with Crippen molar-refractivity contribution in [3.05, 3.63) is 72.3 Å². The molecule has 33 heavy (non-hydrogen) atoms. The first-order valence-electron chi connectivity index (χ1n) is 10.8. The van der Waals surface area contributed by atoms with Crippen molar-refractivity contribution in [1.29, 1.82) is 0 Å². The number of hydrogen-bond acceptors (Lipinski definition) is 5. The van der Waals surface area contributed by atoms with Gasteiger partial charge in [0.05, 0.1) is 23.5 Å². The Hall–Kier alpha value is -3.23. The molecule has 0 bridgehead atoms. The van der Waals surface area contributed by atoms with Gasteiger partial charge in [0.15, 0.2) is 0 Å². The summed E-state index contributed by atoms with van der Waals surface area (Å²) in [5.74, 6) is -0.677. The van der Waals surface area contributed by atoms with Gasteiger partial charge in [-0.25, -0.2) is 8.42 Å². The molecule has 0 heterocycles. The highest BCUT2D eigenvalue weighted by molar-refractivity contribution is 7.89. The molecule has 0 atom stereocenters. The lowest BCUT2D eigenvalue weighted by molar-refractivity contribution is -0.146. The van der Waals surface area contributed by atoms with Gasteiger partial charge in [-0.05, 0) is 60.4 Å². The van der Waals surface area contributed by atoms with Gasteiger partial charge < -0.3 is 10.1 Å². The van der Waals surface area contributed by atoms with Crippen molar-refractivity contribution >= 4 is 38.4 Å². The van der Waals surface area contributed by atoms with Crippen LogP contribution in [0, 0.1) is 0 Å². The van der Waals surface area contributed by atoms with Crippen LogP contribution in [-0.2, 0) is 29.8 Å². The zero-order valence-electron chi connectivity index (χ0n) is 18.6. The smallest absolute Gasteiger partial charge is 0.316 e. The van der Waals surface area contributed by atoms with Crippen LogP contribution >= 0.6 is 0 Å². The molecule has 1 aliphatic carbocycles. The molecule has 0 saturated heterocycles. The molecule has 7 nitrogen and oxygen atoms in total. The molecule has 1 amide bonds. The van der Waals surface area contributed by atoms with E-state index in [1.165, 1.54) is 7.05 Å². The van der Waals surface area contributed by atoms with E-state index >= 15 is 0 Å². The number of nitrogens with one attached hydrogen (secondary N) is 1. The van der Waals surface area contributed by atoms with Crippen LogP contribution in [-0.4, -0.2) is 44.8 Å². The number of likely N-dealkylation sites (N-methyl/N-ethyl adjacent to an activating group) is 1. The van der Waals surface area contributed by atoms with Gasteiger partial charge >= 0.3 is 5.97 Å². The Bertz CT molecular complexity index is 1300. The predicted molar refractivity (Wildman–Crippen MR) is 126 cm³/mol. The van der Waals surface area contributed by atoms with Crippen molar-refractivity contribution < 1.29 is 22.7 Å². The average Bonchev–Trinajstić information content (AvgIpc) is 3.61. The van der Waals surface area contributed by atoms with E-state index in [9.17, 15) is 18.0 Å². The number of sulfonamides is 1. The number of benzene rings is 3. The highest BCUT2D eigenvalue weighted by atomic mass is 32.2. The number of carbonyl (C=O) groups excluding carboxylic acids is 2. The quantitative estimate of drug-likeness (QED) is 0.511. The Morgan fingerprint density at radius 2 is 1.67 bits per heavy atom. The Balaban J connectivity index is 1.41. The lowest BCUT2D eigenvalue weighted by atomic mass is 9.96. The number of rotatable bonds is 8. The number of amides is 1. The summed E-state index contributed by atoms with van der Waals surface area (Å²) >= 11 is 0. The van der Waals surface area contributed by atoms with Crippen molar-refractivity contribution in [2.24, 2.45) is 0 Å².